The van der Waals surface area contributed by atoms with E-state index >= 15 is 0 Å². The summed E-state index contributed by atoms with van der Waals surface area (Å²) < 4.78 is 10.7. The molecule has 0 radical (unpaired) electrons. The zero-order valence-electron chi connectivity index (χ0n) is 23.5. The first-order valence-corrected chi connectivity index (χ1v) is 13.8. The number of anilines is 2. The van der Waals surface area contributed by atoms with Gasteiger partial charge >= 0.3 is 0 Å². The molecule has 1 atom stereocenters. The third kappa shape index (κ3) is 6.22. The van der Waals surface area contributed by atoms with E-state index in [-0.39, 0.29) is 12.1 Å². The van der Waals surface area contributed by atoms with Crippen molar-refractivity contribution in [3.05, 3.63) is 119 Å². The normalized spacial score (nSPS) is 12.9. The Morgan fingerprint density at radius 1 is 0.884 bits per heavy atom. The number of halogens is 1. The van der Waals surface area contributed by atoms with Crippen LogP contribution in [0.4, 0.5) is 11.4 Å². The summed E-state index contributed by atoms with van der Waals surface area (Å²) >= 11 is 6.11. The van der Waals surface area contributed by atoms with Gasteiger partial charge in [0.15, 0.2) is 0 Å². The number of ketones is 1. The van der Waals surface area contributed by atoms with Gasteiger partial charge in [0.1, 0.15) is 24.1 Å². The Labute approximate surface area is 253 Å². The maximum atomic E-state index is 14.2. The van der Waals surface area contributed by atoms with Crippen molar-refractivity contribution in [1.82, 2.24) is 4.90 Å². The molecule has 9 nitrogen and oxygen atoms in total. The fourth-order valence-electron chi connectivity index (χ4n) is 4.95. The van der Waals surface area contributed by atoms with Crippen molar-refractivity contribution in [2.24, 2.45) is 0 Å². The van der Waals surface area contributed by atoms with Crippen molar-refractivity contribution >= 4 is 46.5 Å². The molecule has 1 aliphatic heterocycles. The Hall–Kier alpha value is -5.15. The van der Waals surface area contributed by atoms with Crippen LogP contribution in [-0.2, 0) is 20.9 Å². The van der Waals surface area contributed by atoms with Gasteiger partial charge in [-0.25, -0.2) is 0 Å². The zero-order chi connectivity index (χ0) is 30.5. The number of Topliss-reactive ketones (excluding diaryl/α,β-unsaturated/α-hetero) is 1. The summed E-state index contributed by atoms with van der Waals surface area (Å²) in [6.07, 6.45) is 0. The molecule has 218 valence electrons. The van der Waals surface area contributed by atoms with Gasteiger partial charge in [0.2, 0.25) is 5.91 Å². The van der Waals surface area contributed by atoms with E-state index in [0.29, 0.717) is 39.0 Å². The van der Waals surface area contributed by atoms with Gasteiger partial charge in [-0.3, -0.25) is 24.1 Å². The second-order valence-electron chi connectivity index (χ2n) is 9.75. The number of carbonyl (C=O) groups excluding carboxylic acids is 4. The zero-order valence-corrected chi connectivity index (χ0v) is 24.2. The number of para-hydroxylation sites is 1. The molecule has 5 rings (SSSR count). The van der Waals surface area contributed by atoms with Crippen molar-refractivity contribution in [2.75, 3.05) is 31.0 Å². The van der Waals surface area contributed by atoms with Crippen molar-refractivity contribution in [3.8, 4) is 11.5 Å². The van der Waals surface area contributed by atoms with Gasteiger partial charge in [0.05, 0.1) is 31.2 Å². The van der Waals surface area contributed by atoms with Gasteiger partial charge in [-0.15, -0.1) is 0 Å². The number of hydrogen-bond donors (Lipinski definition) is 1. The van der Waals surface area contributed by atoms with Crippen LogP contribution in [-0.4, -0.2) is 49.2 Å². The fraction of sp³-hybridized carbons (Fsp3) is 0.152. The fourth-order valence-corrected chi connectivity index (χ4v) is 5.08. The minimum atomic E-state index is -1.13. The van der Waals surface area contributed by atoms with Crippen molar-refractivity contribution in [2.45, 2.75) is 12.6 Å². The highest BCUT2D eigenvalue weighted by Gasteiger charge is 2.39. The average Bonchev–Trinajstić information content (AvgIpc) is 3.27. The lowest BCUT2D eigenvalue weighted by Gasteiger charge is -2.33. The minimum Gasteiger partial charge on any atom is -0.497 e. The smallest absolute Gasteiger partial charge is 0.299 e. The van der Waals surface area contributed by atoms with Crippen molar-refractivity contribution in [1.29, 1.82) is 0 Å². The van der Waals surface area contributed by atoms with Gasteiger partial charge < -0.3 is 19.7 Å². The molecule has 0 spiro atoms. The molecule has 0 fully saturated rings. The van der Waals surface area contributed by atoms with E-state index in [1.807, 2.05) is 6.07 Å². The molecule has 0 saturated heterocycles. The van der Waals surface area contributed by atoms with Gasteiger partial charge in [-0.2, -0.15) is 0 Å². The van der Waals surface area contributed by atoms with Crippen LogP contribution in [0.1, 0.15) is 27.5 Å². The molecule has 4 aromatic rings. The quantitative estimate of drug-likeness (QED) is 0.249. The number of fused-ring (bicyclic) bond motifs is 1. The number of benzene rings is 4. The predicted octanol–water partition coefficient (Wildman–Crippen LogP) is 5.30. The topological polar surface area (TPSA) is 105 Å². The monoisotopic (exact) mass is 597 g/mol. The Balaban J connectivity index is 1.55. The highest BCUT2D eigenvalue weighted by molar-refractivity contribution is 6.52. The van der Waals surface area contributed by atoms with Crippen molar-refractivity contribution in [3.63, 3.8) is 0 Å². The van der Waals surface area contributed by atoms with E-state index in [1.165, 1.54) is 19.1 Å². The first kappa shape index (κ1) is 29.3. The van der Waals surface area contributed by atoms with E-state index in [2.05, 4.69) is 5.32 Å². The highest BCUT2D eigenvalue weighted by Crippen LogP contribution is 2.33. The Morgan fingerprint density at radius 3 is 2.28 bits per heavy atom. The maximum absolute atomic E-state index is 14.2. The number of hydrogen-bond acceptors (Lipinski definition) is 6. The molecule has 0 aliphatic carbocycles. The number of nitrogens with zero attached hydrogens (tertiary/aromatic N) is 2. The summed E-state index contributed by atoms with van der Waals surface area (Å²) in [5.74, 6) is -1.63. The standard InChI is InChI=1S/C33H28ClN3O6/c1-42-24-16-17-26(28(18-24)43-2)35-32(40)30(22-8-4-3-5-9-22)37(19-21-12-14-23(34)15-13-21)29(38)20-36-27-11-7-6-10-25(27)31(39)33(36)41/h3-18,30H,19-20H2,1-2H3,(H,35,40). The van der Waals surface area contributed by atoms with E-state index in [4.69, 9.17) is 21.1 Å². The van der Waals surface area contributed by atoms with Crippen LogP contribution >= 0.6 is 11.6 Å². The van der Waals surface area contributed by atoms with E-state index in [0.717, 1.165) is 4.90 Å². The Bertz CT molecular complexity index is 1680. The summed E-state index contributed by atoms with van der Waals surface area (Å²) in [4.78, 5) is 56.4. The molecular weight excluding hydrogens is 570 g/mol. The van der Waals surface area contributed by atoms with Gasteiger partial charge in [-0.1, -0.05) is 66.2 Å². The molecule has 0 saturated carbocycles. The number of nitrogens with one attached hydrogen (secondary N) is 1. The second kappa shape index (κ2) is 12.8. The van der Waals surface area contributed by atoms with Gasteiger partial charge in [0.25, 0.3) is 17.6 Å². The van der Waals surface area contributed by atoms with E-state index < -0.39 is 36.1 Å². The molecule has 1 N–H and O–H groups in total. The molecule has 1 unspecified atom stereocenters. The van der Waals surface area contributed by atoms with E-state index in [9.17, 15) is 19.2 Å². The van der Waals surface area contributed by atoms with Crippen LogP contribution in [0.25, 0.3) is 0 Å². The molecule has 3 amide bonds. The molecule has 10 heteroatoms. The van der Waals surface area contributed by atoms with Gasteiger partial charge in [-0.05, 0) is 47.5 Å². The molecule has 0 bridgehead atoms. The average molecular weight is 598 g/mol. The first-order valence-electron chi connectivity index (χ1n) is 13.4. The predicted molar refractivity (Wildman–Crippen MR) is 162 cm³/mol. The Kier molecular flexibility index (Phi) is 8.73. The van der Waals surface area contributed by atoms with E-state index in [1.54, 1.807) is 91.0 Å². The van der Waals surface area contributed by atoms with Crippen LogP contribution in [0.5, 0.6) is 11.5 Å². The summed E-state index contributed by atoms with van der Waals surface area (Å²) in [5.41, 5.74) is 2.20. The van der Waals surface area contributed by atoms with Crippen LogP contribution in [0.15, 0.2) is 97.1 Å². The molecule has 4 aromatic carbocycles. The van der Waals surface area contributed by atoms with Crippen LogP contribution in [0, 0.1) is 0 Å². The van der Waals surface area contributed by atoms with Crippen LogP contribution in [0.2, 0.25) is 5.02 Å². The lowest BCUT2D eigenvalue weighted by atomic mass is 10.0. The summed E-state index contributed by atoms with van der Waals surface area (Å²) in [6, 6.07) is 26.1. The summed E-state index contributed by atoms with van der Waals surface area (Å²) in [7, 11) is 3.00. The molecule has 1 aliphatic rings. The summed E-state index contributed by atoms with van der Waals surface area (Å²) in [5, 5.41) is 3.41. The lowest BCUT2D eigenvalue weighted by molar-refractivity contribution is -0.139. The first-order chi connectivity index (χ1) is 20.8. The SMILES string of the molecule is COc1ccc(NC(=O)C(c2ccccc2)N(Cc2ccc(Cl)cc2)C(=O)CN2C(=O)C(=O)c3ccccc32)c(OC)c1. The number of carbonyl (C=O) groups is 4. The number of rotatable bonds is 10. The summed E-state index contributed by atoms with van der Waals surface area (Å²) in [6.45, 7) is -0.433. The molecular formula is C33H28ClN3O6. The lowest BCUT2D eigenvalue weighted by Crippen LogP contribution is -2.46. The number of ether oxygens (including phenoxy) is 2. The molecule has 1 heterocycles. The Morgan fingerprint density at radius 2 is 1.58 bits per heavy atom. The van der Waals surface area contributed by atoms with Crippen molar-refractivity contribution < 1.29 is 28.7 Å². The van der Waals surface area contributed by atoms with Gasteiger partial charge in [0, 0.05) is 17.6 Å². The minimum absolute atomic E-state index is 0.0142. The highest BCUT2D eigenvalue weighted by atomic mass is 35.5. The third-order valence-electron chi connectivity index (χ3n) is 7.10. The largest absolute Gasteiger partial charge is 0.497 e. The molecule has 43 heavy (non-hydrogen) atoms. The van der Waals surface area contributed by atoms with Crippen LogP contribution < -0.4 is 19.7 Å². The second-order valence-corrected chi connectivity index (χ2v) is 10.2. The van der Waals surface area contributed by atoms with Crippen LogP contribution in [0.3, 0.4) is 0 Å². The number of amides is 3. The molecule has 0 aromatic heterocycles. The number of methoxy groups -OCH3 is 2. The maximum Gasteiger partial charge on any atom is 0.299 e. The third-order valence-corrected chi connectivity index (χ3v) is 7.35.